The zero-order valence-corrected chi connectivity index (χ0v) is 9.05. The number of aromatic nitrogens is 1. The van der Waals surface area contributed by atoms with Crippen molar-refractivity contribution in [1.29, 1.82) is 0 Å². The molecular weight excluding hydrogens is 196 g/mol. The quantitative estimate of drug-likeness (QED) is 0.500. The zero-order valence-electron chi connectivity index (χ0n) is 8.23. The number of rotatable bonds is 5. The highest BCUT2D eigenvalue weighted by Gasteiger charge is 2.12. The summed E-state index contributed by atoms with van der Waals surface area (Å²) in [5.41, 5.74) is 9.47. The van der Waals surface area contributed by atoms with Gasteiger partial charge in [-0.1, -0.05) is 13.0 Å². The van der Waals surface area contributed by atoms with Gasteiger partial charge in [-0.15, -0.1) is 0 Å². The zero-order chi connectivity index (χ0) is 10.4. The Bertz CT molecular complexity index is 279. The molecule has 0 aliphatic heterocycles. The number of hydrogen-bond donors (Lipinski definition) is 3. The Hall–Kier alpha value is -0.780. The number of nitrogens with zero attached hydrogens (tertiary/aromatic N) is 1. The van der Waals surface area contributed by atoms with Gasteiger partial charge in [0.05, 0.1) is 6.04 Å². The van der Waals surface area contributed by atoms with Crippen LogP contribution in [-0.2, 0) is 0 Å². The van der Waals surface area contributed by atoms with E-state index in [2.05, 4.69) is 17.3 Å². The monoisotopic (exact) mass is 212 g/mol. The van der Waals surface area contributed by atoms with Crippen LogP contribution in [-0.4, -0.2) is 16.5 Å². The predicted molar refractivity (Wildman–Crippen MR) is 61.7 cm³/mol. The first-order valence-corrected chi connectivity index (χ1v) is 5.69. The third-order valence-electron chi connectivity index (χ3n) is 1.94. The smallest absolute Gasteiger partial charge is 0.128 e. The summed E-state index contributed by atoms with van der Waals surface area (Å²) in [6.45, 7) is 2.12. The molecule has 0 radical (unpaired) electrons. The van der Waals surface area contributed by atoms with Gasteiger partial charge in [0, 0.05) is 17.5 Å². The van der Waals surface area contributed by atoms with Gasteiger partial charge >= 0.3 is 0 Å². The topological polar surface area (TPSA) is 77.0 Å². The molecule has 1 heterocycles. The highest BCUT2D eigenvalue weighted by Crippen LogP contribution is 2.20. The first-order chi connectivity index (χ1) is 6.79. The van der Waals surface area contributed by atoms with Crippen LogP contribution in [0.2, 0.25) is 0 Å². The van der Waals surface area contributed by atoms with E-state index in [4.69, 9.17) is 11.6 Å². The lowest BCUT2D eigenvalue weighted by Gasteiger charge is -2.16. The van der Waals surface area contributed by atoms with Crippen LogP contribution in [0.4, 0.5) is 5.82 Å². The van der Waals surface area contributed by atoms with Gasteiger partial charge < -0.3 is 5.73 Å². The fourth-order valence-electron chi connectivity index (χ4n) is 1.19. The van der Waals surface area contributed by atoms with Gasteiger partial charge in [0.1, 0.15) is 5.82 Å². The van der Waals surface area contributed by atoms with E-state index in [9.17, 15) is 0 Å². The van der Waals surface area contributed by atoms with Gasteiger partial charge in [0.2, 0.25) is 0 Å². The second-order valence-corrected chi connectivity index (χ2v) is 4.18. The Balaban J connectivity index is 2.73. The number of nitrogens with two attached hydrogens (primary N) is 2. The summed E-state index contributed by atoms with van der Waals surface area (Å²) < 4.78 is 0. The molecule has 5 N–H and O–H groups in total. The Morgan fingerprint density at radius 3 is 3.00 bits per heavy atom. The van der Waals surface area contributed by atoms with Crippen molar-refractivity contribution in [2.75, 3.05) is 17.2 Å². The summed E-state index contributed by atoms with van der Waals surface area (Å²) in [5.74, 6) is 7.99. The molecule has 0 aromatic carbocycles. The van der Waals surface area contributed by atoms with E-state index in [0.29, 0.717) is 5.82 Å². The average molecular weight is 212 g/mol. The molecule has 0 saturated carbocycles. The van der Waals surface area contributed by atoms with E-state index in [1.807, 2.05) is 23.9 Å². The molecule has 1 atom stereocenters. The number of hydrazine groups is 1. The Labute approximate surface area is 88.4 Å². The summed E-state index contributed by atoms with van der Waals surface area (Å²) in [6.07, 6.45) is 1.68. The van der Waals surface area contributed by atoms with Crippen molar-refractivity contribution in [2.24, 2.45) is 5.84 Å². The van der Waals surface area contributed by atoms with Crippen molar-refractivity contribution >= 4 is 17.6 Å². The van der Waals surface area contributed by atoms with Crippen LogP contribution in [0.1, 0.15) is 18.5 Å². The lowest BCUT2D eigenvalue weighted by Crippen LogP contribution is -2.30. The Morgan fingerprint density at radius 1 is 1.64 bits per heavy atom. The molecule has 0 amide bonds. The van der Waals surface area contributed by atoms with E-state index < -0.39 is 0 Å². The fourth-order valence-corrected chi connectivity index (χ4v) is 1.94. The largest absolute Gasteiger partial charge is 0.383 e. The van der Waals surface area contributed by atoms with Gasteiger partial charge in [-0.2, -0.15) is 11.8 Å². The normalized spacial score (nSPS) is 12.7. The van der Waals surface area contributed by atoms with Crippen molar-refractivity contribution in [1.82, 2.24) is 10.4 Å². The van der Waals surface area contributed by atoms with Crippen molar-refractivity contribution in [3.05, 3.63) is 23.9 Å². The molecule has 0 saturated heterocycles. The molecule has 14 heavy (non-hydrogen) atoms. The fraction of sp³-hybridized carbons (Fsp3) is 0.444. The molecule has 1 aromatic heterocycles. The van der Waals surface area contributed by atoms with Crippen molar-refractivity contribution in [3.8, 4) is 0 Å². The molecule has 0 bridgehead atoms. The summed E-state index contributed by atoms with van der Waals surface area (Å²) in [4.78, 5) is 4.03. The number of anilines is 1. The second-order valence-electron chi connectivity index (χ2n) is 2.86. The highest BCUT2D eigenvalue weighted by atomic mass is 32.2. The van der Waals surface area contributed by atoms with Crippen LogP contribution in [0.25, 0.3) is 0 Å². The first kappa shape index (κ1) is 11.3. The summed E-state index contributed by atoms with van der Waals surface area (Å²) in [7, 11) is 0. The molecule has 0 aliphatic rings. The second kappa shape index (κ2) is 5.85. The number of nitrogens with one attached hydrogen (secondary N) is 1. The van der Waals surface area contributed by atoms with Crippen LogP contribution in [0, 0.1) is 0 Å². The Kier molecular flexibility index (Phi) is 4.72. The summed E-state index contributed by atoms with van der Waals surface area (Å²) >= 11 is 1.82. The molecule has 1 aromatic rings. The molecule has 1 unspecified atom stereocenters. The van der Waals surface area contributed by atoms with Gasteiger partial charge in [-0.25, -0.2) is 4.98 Å². The predicted octanol–water partition coefficient (Wildman–Crippen LogP) is 0.921. The molecule has 0 fully saturated rings. The van der Waals surface area contributed by atoms with Crippen molar-refractivity contribution in [3.63, 3.8) is 0 Å². The minimum Gasteiger partial charge on any atom is -0.383 e. The van der Waals surface area contributed by atoms with Gasteiger partial charge in [-0.3, -0.25) is 11.3 Å². The highest BCUT2D eigenvalue weighted by molar-refractivity contribution is 7.99. The van der Waals surface area contributed by atoms with Crippen LogP contribution < -0.4 is 17.0 Å². The van der Waals surface area contributed by atoms with Gasteiger partial charge in [-0.05, 0) is 11.8 Å². The average Bonchev–Trinajstić information content (AvgIpc) is 2.21. The molecule has 5 heteroatoms. The molecule has 4 nitrogen and oxygen atoms in total. The van der Waals surface area contributed by atoms with E-state index in [1.165, 1.54) is 0 Å². The maximum Gasteiger partial charge on any atom is 0.128 e. The van der Waals surface area contributed by atoms with Crippen LogP contribution in [0.15, 0.2) is 18.3 Å². The van der Waals surface area contributed by atoms with Crippen molar-refractivity contribution in [2.45, 2.75) is 13.0 Å². The van der Waals surface area contributed by atoms with E-state index in [1.54, 1.807) is 6.20 Å². The minimum absolute atomic E-state index is 0.0775. The minimum atomic E-state index is 0.0775. The van der Waals surface area contributed by atoms with Crippen LogP contribution in [0.5, 0.6) is 0 Å². The van der Waals surface area contributed by atoms with Crippen LogP contribution >= 0.6 is 11.8 Å². The number of thioether (sulfide) groups is 1. The van der Waals surface area contributed by atoms with Gasteiger partial charge in [0.25, 0.3) is 0 Å². The number of nitrogen functional groups attached to an aromatic ring is 1. The van der Waals surface area contributed by atoms with E-state index in [0.717, 1.165) is 17.1 Å². The number of hydrogen-bond acceptors (Lipinski definition) is 5. The van der Waals surface area contributed by atoms with E-state index in [-0.39, 0.29) is 6.04 Å². The van der Waals surface area contributed by atoms with Crippen LogP contribution in [0.3, 0.4) is 0 Å². The maximum atomic E-state index is 5.75. The third-order valence-corrected chi connectivity index (χ3v) is 2.91. The standard InChI is InChI=1S/C9H16N4S/c1-2-14-6-8(13-11)7-4-3-5-12-9(7)10/h3-5,8,13H,2,6,11H2,1H3,(H2,10,12). The SMILES string of the molecule is CCSCC(NN)c1cccnc1N. The van der Waals surface area contributed by atoms with E-state index >= 15 is 0 Å². The molecular formula is C9H16N4S. The Morgan fingerprint density at radius 2 is 2.43 bits per heavy atom. The molecule has 0 aliphatic carbocycles. The maximum absolute atomic E-state index is 5.75. The molecule has 0 spiro atoms. The van der Waals surface area contributed by atoms with Crippen molar-refractivity contribution < 1.29 is 0 Å². The number of pyridine rings is 1. The third kappa shape index (κ3) is 2.87. The molecule has 1 rings (SSSR count). The summed E-state index contributed by atoms with van der Waals surface area (Å²) in [6, 6.07) is 3.89. The first-order valence-electron chi connectivity index (χ1n) is 4.53. The summed E-state index contributed by atoms with van der Waals surface area (Å²) in [5, 5.41) is 0. The molecule has 78 valence electrons. The lowest BCUT2D eigenvalue weighted by atomic mass is 10.1. The lowest BCUT2D eigenvalue weighted by molar-refractivity contribution is 0.611. The van der Waals surface area contributed by atoms with Gasteiger partial charge in [0.15, 0.2) is 0 Å².